The number of Topliss-reactive ketones (excluding diaryl/α,β-unsaturated/α-hetero) is 2. The number of aryl methyl sites for hydroxylation is 2. The van der Waals surface area contributed by atoms with E-state index in [0.717, 1.165) is 16.7 Å². The number of carbonyl (C=O) groups excluding carboxylic acids is 7. The quantitative estimate of drug-likeness (QED) is 0.0503. The molecule has 1 heterocycles. The second-order valence-electron chi connectivity index (χ2n) is 16.3. The van der Waals surface area contributed by atoms with Crippen LogP contribution < -0.4 is 38.1 Å². The molecule has 3 aromatic rings. The first-order valence-electron chi connectivity index (χ1n) is 21.6. The van der Waals surface area contributed by atoms with Gasteiger partial charge in [0.2, 0.25) is 17.7 Å². The highest BCUT2D eigenvalue weighted by Crippen LogP contribution is 2.23. The zero-order valence-electron chi connectivity index (χ0n) is 36.7. The number of carbonyl (C=O) groups is 7. The van der Waals surface area contributed by atoms with E-state index in [9.17, 15) is 33.6 Å². The van der Waals surface area contributed by atoms with Crippen molar-refractivity contribution in [2.45, 2.75) is 104 Å². The Morgan fingerprint density at radius 1 is 0.762 bits per heavy atom. The number of hydrogen-bond acceptors (Lipinski definition) is 8. The SMILES string of the molecule is CCC(C)[C@H](NC(=O)[C@H](CCCCNC(N)=O)CC(=O)Cc1ccc(NC(=O)Nc2ccccc2C)cc1)C(=O)C[C@@H](Cc1ccc(C)cc1)C(=O)N[C@H](CC1=CCC=N1)C(N)=O. The number of amides is 7. The molecule has 336 valence electrons. The first-order valence-corrected chi connectivity index (χ1v) is 21.6. The molecule has 0 aliphatic carbocycles. The van der Waals surface area contributed by atoms with Crippen LogP contribution in [-0.2, 0) is 36.8 Å². The zero-order chi connectivity index (χ0) is 45.9. The van der Waals surface area contributed by atoms with Crippen molar-refractivity contribution in [2.24, 2.45) is 34.2 Å². The number of para-hydroxylation sites is 1. The summed E-state index contributed by atoms with van der Waals surface area (Å²) in [4.78, 5) is 96.6. The standard InChI is InChI=1S/C48H62N8O7/c1-5-31(3)43(42(58)28-36(25-33-17-15-30(2)16-18-33)46(61)54-41(44(49)59)29-38-13-10-24-51-38)56-45(60)35(12-8-9-23-52-47(50)62)27-39(57)26-34-19-21-37(22-20-34)53-48(63)55-40-14-7-6-11-32(40)4/h6-7,11,13-22,24,31,35-36,41,43H,5,8-10,12,23,25-29H2,1-4H3,(H2,49,59)(H,54,61)(H,56,60)(H3,50,52,62)(H2,53,55,63)/t31?,35-,36-,41-,43+/m1/s1. The van der Waals surface area contributed by atoms with Crippen LogP contribution in [0.15, 0.2) is 89.6 Å². The molecule has 0 bridgehead atoms. The van der Waals surface area contributed by atoms with Gasteiger partial charge < -0.3 is 38.1 Å². The lowest BCUT2D eigenvalue weighted by atomic mass is 9.86. The van der Waals surface area contributed by atoms with Crippen LogP contribution in [0.2, 0.25) is 0 Å². The summed E-state index contributed by atoms with van der Waals surface area (Å²) in [5, 5.41) is 13.9. The normalized spacial score (nSPS) is 14.3. The number of rotatable bonds is 25. The maximum absolute atomic E-state index is 14.3. The van der Waals surface area contributed by atoms with Gasteiger partial charge in [0, 0.05) is 73.8 Å². The van der Waals surface area contributed by atoms with Crippen molar-refractivity contribution in [2.75, 3.05) is 17.2 Å². The Morgan fingerprint density at radius 3 is 2.08 bits per heavy atom. The lowest BCUT2D eigenvalue weighted by molar-refractivity contribution is -0.135. The van der Waals surface area contributed by atoms with Gasteiger partial charge in [0.25, 0.3) is 0 Å². The van der Waals surface area contributed by atoms with E-state index < -0.39 is 53.7 Å². The number of nitrogens with one attached hydrogen (secondary N) is 5. The van der Waals surface area contributed by atoms with Crippen LogP contribution in [0.3, 0.4) is 0 Å². The summed E-state index contributed by atoms with van der Waals surface area (Å²) in [6.07, 6.45) is 5.99. The molecule has 9 N–H and O–H groups in total. The Hall–Kier alpha value is -6.64. The average molecular weight is 863 g/mol. The summed E-state index contributed by atoms with van der Waals surface area (Å²) >= 11 is 0. The van der Waals surface area contributed by atoms with Crippen molar-refractivity contribution in [3.05, 3.63) is 107 Å². The van der Waals surface area contributed by atoms with Crippen molar-refractivity contribution < 1.29 is 33.6 Å². The molecule has 7 amide bonds. The fourth-order valence-electron chi connectivity index (χ4n) is 7.28. The largest absolute Gasteiger partial charge is 0.368 e. The van der Waals surface area contributed by atoms with Gasteiger partial charge in [0.05, 0.1) is 6.04 Å². The molecule has 1 unspecified atom stereocenters. The third-order valence-corrected chi connectivity index (χ3v) is 11.2. The van der Waals surface area contributed by atoms with Crippen molar-refractivity contribution in [3.63, 3.8) is 0 Å². The fourth-order valence-corrected chi connectivity index (χ4v) is 7.28. The van der Waals surface area contributed by atoms with Gasteiger partial charge in [0.1, 0.15) is 11.8 Å². The van der Waals surface area contributed by atoms with Gasteiger partial charge in [-0.2, -0.15) is 0 Å². The Balaban J connectivity index is 1.47. The molecule has 0 fully saturated rings. The highest BCUT2D eigenvalue weighted by atomic mass is 16.2. The van der Waals surface area contributed by atoms with Crippen LogP contribution in [-0.4, -0.2) is 66.2 Å². The van der Waals surface area contributed by atoms with E-state index >= 15 is 0 Å². The molecular weight excluding hydrogens is 801 g/mol. The van der Waals surface area contributed by atoms with Gasteiger partial charge >= 0.3 is 12.1 Å². The summed E-state index contributed by atoms with van der Waals surface area (Å²) < 4.78 is 0. The molecule has 0 aromatic heterocycles. The van der Waals surface area contributed by atoms with Gasteiger partial charge in [-0.15, -0.1) is 0 Å². The topological polar surface area (TPSA) is 244 Å². The average Bonchev–Trinajstić information content (AvgIpc) is 3.76. The zero-order valence-corrected chi connectivity index (χ0v) is 36.7. The highest BCUT2D eigenvalue weighted by Gasteiger charge is 2.34. The molecule has 5 atom stereocenters. The van der Waals surface area contributed by atoms with Gasteiger partial charge in [0.15, 0.2) is 5.78 Å². The second-order valence-corrected chi connectivity index (χ2v) is 16.3. The molecule has 0 saturated heterocycles. The molecular formula is C48H62N8O7. The fraction of sp³-hybridized carbons (Fsp3) is 0.417. The maximum Gasteiger partial charge on any atom is 0.323 e. The number of primary amides is 2. The predicted molar refractivity (Wildman–Crippen MR) is 245 cm³/mol. The van der Waals surface area contributed by atoms with Gasteiger partial charge in [-0.3, -0.25) is 29.0 Å². The molecule has 63 heavy (non-hydrogen) atoms. The smallest absolute Gasteiger partial charge is 0.323 e. The number of aliphatic imine (C=N–C) groups is 1. The molecule has 0 saturated carbocycles. The third-order valence-electron chi connectivity index (χ3n) is 11.2. The maximum atomic E-state index is 14.3. The summed E-state index contributed by atoms with van der Waals surface area (Å²) in [6.45, 7) is 7.87. The second kappa shape index (κ2) is 24.7. The number of benzene rings is 3. The van der Waals surface area contributed by atoms with Crippen LogP contribution in [0.4, 0.5) is 21.0 Å². The first kappa shape index (κ1) is 49.0. The van der Waals surface area contributed by atoms with Gasteiger partial charge in [-0.25, -0.2) is 9.59 Å². The van der Waals surface area contributed by atoms with E-state index in [2.05, 4.69) is 31.6 Å². The number of urea groups is 2. The van der Waals surface area contributed by atoms with E-state index in [1.165, 1.54) is 0 Å². The van der Waals surface area contributed by atoms with Crippen LogP contribution in [0.1, 0.15) is 87.5 Å². The summed E-state index contributed by atoms with van der Waals surface area (Å²) in [6, 6.07) is 18.8. The van der Waals surface area contributed by atoms with Crippen molar-refractivity contribution >= 4 is 58.9 Å². The third kappa shape index (κ3) is 16.6. The molecule has 1 aliphatic rings. The summed E-state index contributed by atoms with van der Waals surface area (Å²) in [5.41, 5.74) is 16.2. The summed E-state index contributed by atoms with van der Waals surface area (Å²) in [5.74, 6) is -4.30. The van der Waals surface area contributed by atoms with Crippen molar-refractivity contribution in [1.82, 2.24) is 16.0 Å². The van der Waals surface area contributed by atoms with E-state index in [1.807, 2.05) is 76.2 Å². The number of anilines is 2. The minimum Gasteiger partial charge on any atom is -0.368 e. The minimum atomic E-state index is -1.04. The van der Waals surface area contributed by atoms with Crippen LogP contribution >= 0.6 is 0 Å². The van der Waals surface area contributed by atoms with Crippen molar-refractivity contribution in [1.29, 1.82) is 0 Å². The minimum absolute atomic E-state index is 0.0299. The highest BCUT2D eigenvalue weighted by molar-refractivity contribution is 6.00. The molecule has 15 nitrogen and oxygen atoms in total. The number of nitrogens with zero attached hydrogens (tertiary/aromatic N) is 1. The van der Waals surface area contributed by atoms with E-state index in [0.29, 0.717) is 61.3 Å². The van der Waals surface area contributed by atoms with E-state index in [4.69, 9.17) is 11.5 Å². The lowest BCUT2D eigenvalue weighted by Gasteiger charge is -2.28. The Kier molecular flexibility index (Phi) is 19.2. The number of ketones is 2. The Bertz CT molecular complexity index is 2130. The lowest BCUT2D eigenvalue weighted by Crippen LogP contribution is -2.50. The van der Waals surface area contributed by atoms with E-state index in [1.54, 1.807) is 36.5 Å². The molecule has 0 radical (unpaired) electrons. The van der Waals surface area contributed by atoms with Crippen LogP contribution in [0, 0.1) is 31.6 Å². The Labute approximate surface area is 369 Å². The molecule has 0 spiro atoms. The van der Waals surface area contributed by atoms with Crippen LogP contribution in [0.5, 0.6) is 0 Å². The molecule has 1 aliphatic heterocycles. The van der Waals surface area contributed by atoms with Crippen molar-refractivity contribution in [3.8, 4) is 0 Å². The Morgan fingerprint density at radius 2 is 1.44 bits per heavy atom. The number of hydrogen-bond donors (Lipinski definition) is 7. The number of allylic oxidation sites excluding steroid dienone is 1. The summed E-state index contributed by atoms with van der Waals surface area (Å²) in [7, 11) is 0. The van der Waals surface area contributed by atoms with Gasteiger partial charge in [-0.1, -0.05) is 92.9 Å². The predicted octanol–water partition coefficient (Wildman–Crippen LogP) is 5.97. The first-order chi connectivity index (χ1) is 30.1. The molecule has 4 rings (SSSR count). The van der Waals surface area contributed by atoms with Crippen LogP contribution in [0.25, 0.3) is 0 Å². The van der Waals surface area contributed by atoms with Gasteiger partial charge in [-0.05, 0) is 73.9 Å². The number of nitrogens with two attached hydrogens (primary N) is 2. The molecule has 3 aromatic carbocycles. The monoisotopic (exact) mass is 862 g/mol. The molecule has 15 heteroatoms. The number of unbranched alkanes of at least 4 members (excludes halogenated alkanes) is 1. The van der Waals surface area contributed by atoms with E-state index in [-0.39, 0.29) is 49.6 Å².